The van der Waals surface area contributed by atoms with E-state index in [-0.39, 0.29) is 6.10 Å². The maximum Gasteiger partial charge on any atom is 0.198 e. The van der Waals surface area contributed by atoms with Gasteiger partial charge in [-0.3, -0.25) is 0 Å². The molecule has 2 rings (SSSR count). The van der Waals surface area contributed by atoms with Crippen molar-refractivity contribution in [1.82, 2.24) is 4.37 Å². The molecule has 0 bridgehead atoms. The lowest BCUT2D eigenvalue weighted by Crippen LogP contribution is -2.29. The maximum atomic E-state index is 5.85. The van der Waals surface area contributed by atoms with Crippen LogP contribution >= 0.6 is 11.5 Å². The summed E-state index contributed by atoms with van der Waals surface area (Å²) in [5.41, 5.74) is 5.85. The highest BCUT2D eigenvalue weighted by Gasteiger charge is 2.23. The molecular weight excluding hydrogens is 234 g/mol. The molecule has 0 amide bonds. The number of ether oxygens (including phenoxy) is 1. The van der Waals surface area contributed by atoms with Crippen molar-refractivity contribution in [3.05, 3.63) is 0 Å². The van der Waals surface area contributed by atoms with Crippen molar-refractivity contribution in [1.29, 1.82) is 0 Å². The predicted molar refractivity (Wildman–Crippen MR) is 72.9 cm³/mol. The largest absolute Gasteiger partial charge is 0.484 e. The molecule has 1 saturated carbocycles. The molecule has 1 aliphatic rings. The summed E-state index contributed by atoms with van der Waals surface area (Å²) in [6.07, 6.45) is 4.20. The topological polar surface area (TPSA) is 51.4 Å². The van der Waals surface area contributed by atoms with Crippen LogP contribution in [0.4, 0.5) is 10.8 Å². The Labute approximate surface area is 107 Å². The quantitative estimate of drug-likeness (QED) is 0.879. The van der Waals surface area contributed by atoms with Crippen LogP contribution in [0.5, 0.6) is 5.75 Å². The SMILES string of the molecule is CC(C)Oc1c(N)nsc1N(C)CC1CCC1. The smallest absolute Gasteiger partial charge is 0.198 e. The second kappa shape index (κ2) is 5.12. The molecule has 1 aromatic rings. The lowest BCUT2D eigenvalue weighted by molar-refractivity contribution is 0.244. The van der Waals surface area contributed by atoms with E-state index in [9.17, 15) is 0 Å². The Balaban J connectivity index is 2.07. The molecule has 1 heterocycles. The molecule has 4 nitrogen and oxygen atoms in total. The van der Waals surface area contributed by atoms with Gasteiger partial charge in [-0.1, -0.05) is 6.42 Å². The molecule has 1 aliphatic carbocycles. The molecule has 17 heavy (non-hydrogen) atoms. The summed E-state index contributed by atoms with van der Waals surface area (Å²) >= 11 is 1.43. The minimum absolute atomic E-state index is 0.129. The van der Waals surface area contributed by atoms with Crippen LogP contribution < -0.4 is 15.4 Å². The summed E-state index contributed by atoms with van der Waals surface area (Å²) in [5.74, 6) is 2.10. The first kappa shape index (κ1) is 12.5. The van der Waals surface area contributed by atoms with Crippen molar-refractivity contribution in [2.45, 2.75) is 39.2 Å². The monoisotopic (exact) mass is 255 g/mol. The van der Waals surface area contributed by atoms with E-state index in [0.717, 1.165) is 23.2 Å². The standard InChI is InChI=1S/C12H21N3OS/c1-8(2)16-10-11(13)14-17-12(10)15(3)7-9-5-4-6-9/h8-9H,4-7H2,1-3H3,(H2,13,14). The molecule has 5 heteroatoms. The Morgan fingerprint density at radius 2 is 2.24 bits per heavy atom. The van der Waals surface area contributed by atoms with E-state index in [2.05, 4.69) is 16.3 Å². The Morgan fingerprint density at radius 3 is 2.76 bits per heavy atom. The average Bonchev–Trinajstić information content (AvgIpc) is 2.54. The fourth-order valence-corrected chi connectivity index (χ4v) is 2.74. The summed E-state index contributed by atoms with van der Waals surface area (Å²) in [6, 6.07) is 0. The second-order valence-corrected chi connectivity index (χ2v) is 5.80. The third-order valence-corrected chi connectivity index (χ3v) is 4.07. The minimum atomic E-state index is 0.129. The van der Waals surface area contributed by atoms with Gasteiger partial charge in [-0.15, -0.1) is 0 Å². The van der Waals surface area contributed by atoms with Gasteiger partial charge in [0.1, 0.15) is 0 Å². The third kappa shape index (κ3) is 2.83. The van der Waals surface area contributed by atoms with Gasteiger partial charge in [0.2, 0.25) is 0 Å². The van der Waals surface area contributed by atoms with Crippen LogP contribution in [0, 0.1) is 5.92 Å². The van der Waals surface area contributed by atoms with E-state index in [4.69, 9.17) is 10.5 Å². The molecule has 0 spiro atoms. The van der Waals surface area contributed by atoms with Gasteiger partial charge in [0.25, 0.3) is 0 Å². The van der Waals surface area contributed by atoms with Crippen LogP contribution in [0.25, 0.3) is 0 Å². The summed E-state index contributed by atoms with van der Waals surface area (Å²) in [5, 5.41) is 1.06. The number of anilines is 2. The van der Waals surface area contributed by atoms with E-state index in [0.29, 0.717) is 5.82 Å². The zero-order valence-electron chi connectivity index (χ0n) is 10.8. The molecule has 96 valence electrons. The van der Waals surface area contributed by atoms with Gasteiger partial charge in [0.15, 0.2) is 16.6 Å². The van der Waals surface area contributed by atoms with Crippen LogP contribution in [-0.4, -0.2) is 24.1 Å². The molecule has 0 saturated heterocycles. The number of hydrogen-bond acceptors (Lipinski definition) is 5. The maximum absolute atomic E-state index is 5.85. The van der Waals surface area contributed by atoms with Gasteiger partial charge in [0, 0.05) is 13.6 Å². The lowest BCUT2D eigenvalue weighted by atomic mass is 9.85. The van der Waals surface area contributed by atoms with E-state index in [1.807, 2.05) is 13.8 Å². The molecule has 2 N–H and O–H groups in total. The van der Waals surface area contributed by atoms with Gasteiger partial charge in [-0.25, -0.2) is 0 Å². The normalized spacial score (nSPS) is 16.0. The van der Waals surface area contributed by atoms with Gasteiger partial charge in [-0.2, -0.15) is 4.37 Å². The Kier molecular flexibility index (Phi) is 3.76. The van der Waals surface area contributed by atoms with Crippen molar-refractivity contribution in [3.8, 4) is 5.75 Å². The first-order valence-electron chi connectivity index (χ1n) is 6.21. The number of nitrogen functional groups attached to an aromatic ring is 1. The lowest BCUT2D eigenvalue weighted by Gasteiger charge is -2.30. The predicted octanol–water partition coefficient (Wildman–Crippen LogP) is 2.75. The number of aromatic nitrogens is 1. The van der Waals surface area contributed by atoms with Crippen molar-refractivity contribution in [3.63, 3.8) is 0 Å². The Bertz CT molecular complexity index is 374. The van der Waals surface area contributed by atoms with Gasteiger partial charge in [-0.05, 0) is 44.1 Å². The van der Waals surface area contributed by atoms with Crippen LogP contribution in [0.1, 0.15) is 33.1 Å². The number of nitrogens with zero attached hydrogens (tertiary/aromatic N) is 2. The minimum Gasteiger partial charge on any atom is -0.484 e. The molecule has 0 aliphatic heterocycles. The van der Waals surface area contributed by atoms with Gasteiger partial charge < -0.3 is 15.4 Å². The summed E-state index contributed by atoms with van der Waals surface area (Å²) in [7, 11) is 2.10. The summed E-state index contributed by atoms with van der Waals surface area (Å²) < 4.78 is 9.95. The van der Waals surface area contributed by atoms with E-state index in [1.165, 1.54) is 30.8 Å². The highest BCUT2D eigenvalue weighted by molar-refractivity contribution is 7.11. The molecule has 0 atom stereocenters. The van der Waals surface area contributed by atoms with Gasteiger partial charge >= 0.3 is 0 Å². The van der Waals surface area contributed by atoms with E-state index in [1.54, 1.807) is 0 Å². The fourth-order valence-electron chi connectivity index (χ4n) is 2.02. The van der Waals surface area contributed by atoms with E-state index < -0.39 is 0 Å². The van der Waals surface area contributed by atoms with Crippen molar-refractivity contribution >= 4 is 22.4 Å². The molecule has 0 unspecified atom stereocenters. The zero-order chi connectivity index (χ0) is 12.4. The Morgan fingerprint density at radius 1 is 1.53 bits per heavy atom. The fraction of sp³-hybridized carbons (Fsp3) is 0.750. The van der Waals surface area contributed by atoms with Crippen molar-refractivity contribution in [2.75, 3.05) is 24.2 Å². The van der Waals surface area contributed by atoms with Crippen molar-refractivity contribution in [2.24, 2.45) is 5.92 Å². The number of nitrogens with two attached hydrogens (primary N) is 1. The van der Waals surface area contributed by atoms with Crippen LogP contribution in [-0.2, 0) is 0 Å². The second-order valence-electron chi connectivity index (χ2n) is 5.05. The molecular formula is C12H21N3OS. The van der Waals surface area contributed by atoms with Crippen LogP contribution in [0.3, 0.4) is 0 Å². The third-order valence-electron chi connectivity index (χ3n) is 3.11. The Hall–Kier alpha value is -0.970. The highest BCUT2D eigenvalue weighted by Crippen LogP contribution is 2.39. The van der Waals surface area contributed by atoms with E-state index >= 15 is 0 Å². The van der Waals surface area contributed by atoms with Crippen LogP contribution in [0.15, 0.2) is 0 Å². The molecule has 1 fully saturated rings. The molecule has 1 aromatic heterocycles. The zero-order valence-corrected chi connectivity index (χ0v) is 11.6. The highest BCUT2D eigenvalue weighted by atomic mass is 32.1. The summed E-state index contributed by atoms with van der Waals surface area (Å²) in [4.78, 5) is 2.23. The number of rotatable bonds is 5. The molecule has 0 radical (unpaired) electrons. The van der Waals surface area contributed by atoms with Crippen molar-refractivity contribution < 1.29 is 4.74 Å². The van der Waals surface area contributed by atoms with Crippen LogP contribution in [0.2, 0.25) is 0 Å². The first-order valence-corrected chi connectivity index (χ1v) is 6.98. The summed E-state index contributed by atoms with van der Waals surface area (Å²) in [6.45, 7) is 5.09. The molecule has 0 aromatic carbocycles. The average molecular weight is 255 g/mol. The number of hydrogen-bond donors (Lipinski definition) is 1. The van der Waals surface area contributed by atoms with Gasteiger partial charge in [0.05, 0.1) is 6.10 Å². The first-order chi connectivity index (χ1) is 8.08.